The second kappa shape index (κ2) is 7.80. The Morgan fingerprint density at radius 3 is 2.46 bits per heavy atom. The summed E-state index contributed by atoms with van der Waals surface area (Å²) in [5.74, 6) is -0.839. The third kappa shape index (κ3) is 3.78. The molecule has 8 heteroatoms. The van der Waals surface area contributed by atoms with Gasteiger partial charge in [-0.15, -0.1) is 0 Å². The molecular weight excluding hydrogens is 411 g/mol. The predicted molar refractivity (Wildman–Crippen MR) is 110 cm³/mol. The van der Waals surface area contributed by atoms with Crippen LogP contribution in [0.5, 0.6) is 0 Å². The number of carbonyl (C=O) groups is 2. The van der Waals surface area contributed by atoms with Gasteiger partial charge in [-0.25, -0.2) is 0 Å². The monoisotopic (exact) mass is 422 g/mol. The summed E-state index contributed by atoms with van der Waals surface area (Å²) in [5, 5.41) is 1.91. The first-order valence-corrected chi connectivity index (χ1v) is 9.45. The summed E-state index contributed by atoms with van der Waals surface area (Å²) in [4.78, 5) is 25.4. The minimum absolute atomic E-state index is 0.228. The minimum atomic E-state index is -0.432. The second-order valence-electron chi connectivity index (χ2n) is 5.41. The number of hydrogen-bond donors (Lipinski definition) is 1. The molecule has 1 aliphatic rings. The first-order chi connectivity index (χ1) is 12.4. The van der Waals surface area contributed by atoms with Crippen molar-refractivity contribution in [3.8, 4) is 0 Å². The van der Waals surface area contributed by atoms with Gasteiger partial charge in [0.15, 0.2) is 4.32 Å². The summed E-state index contributed by atoms with van der Waals surface area (Å²) >= 11 is 18.6. The number of rotatable bonds is 3. The summed E-state index contributed by atoms with van der Waals surface area (Å²) in [5.41, 5.74) is 4.36. The lowest BCUT2D eigenvalue weighted by Crippen LogP contribution is -2.45. The van der Waals surface area contributed by atoms with Gasteiger partial charge < -0.3 is 0 Å². The maximum atomic E-state index is 12.6. The van der Waals surface area contributed by atoms with Gasteiger partial charge in [-0.05, 0) is 49.0 Å². The fraction of sp³-hybridized carbons (Fsp3) is 0.0556. The molecule has 2 amide bonds. The number of thiocarbonyl (C=S) groups is 1. The third-order valence-electron chi connectivity index (χ3n) is 3.67. The van der Waals surface area contributed by atoms with E-state index in [1.54, 1.807) is 36.4 Å². The number of hydrogen-bond acceptors (Lipinski definition) is 4. The van der Waals surface area contributed by atoms with E-state index >= 15 is 0 Å². The van der Waals surface area contributed by atoms with Gasteiger partial charge in [0.05, 0.1) is 4.91 Å². The summed E-state index contributed by atoms with van der Waals surface area (Å²) < 4.78 is 0.228. The van der Waals surface area contributed by atoms with Crippen LogP contribution in [0, 0.1) is 6.92 Å². The molecule has 1 fully saturated rings. The first-order valence-electron chi connectivity index (χ1n) is 7.47. The largest absolute Gasteiger partial charge is 0.285 e. The number of halogens is 2. The normalized spacial score (nSPS) is 15.7. The number of hydrazine groups is 1. The van der Waals surface area contributed by atoms with E-state index in [1.807, 2.05) is 19.1 Å². The summed E-state index contributed by atoms with van der Waals surface area (Å²) in [6.07, 6.45) is 1.57. The van der Waals surface area contributed by atoms with Crippen LogP contribution in [0.25, 0.3) is 6.08 Å². The average Bonchev–Trinajstić information content (AvgIpc) is 2.86. The van der Waals surface area contributed by atoms with Crippen molar-refractivity contribution >= 4 is 69.4 Å². The Bertz CT molecular complexity index is 940. The zero-order chi connectivity index (χ0) is 18.8. The number of benzene rings is 2. The van der Waals surface area contributed by atoms with Crippen molar-refractivity contribution in [2.75, 3.05) is 0 Å². The van der Waals surface area contributed by atoms with Crippen molar-refractivity contribution in [1.29, 1.82) is 0 Å². The van der Waals surface area contributed by atoms with Crippen LogP contribution in [0.2, 0.25) is 10.0 Å². The zero-order valence-electron chi connectivity index (χ0n) is 13.5. The van der Waals surface area contributed by atoms with Crippen molar-refractivity contribution < 1.29 is 9.59 Å². The van der Waals surface area contributed by atoms with Gasteiger partial charge in [0.1, 0.15) is 0 Å². The lowest BCUT2D eigenvalue weighted by Gasteiger charge is -2.16. The number of aryl methyl sites for hydroxylation is 1. The highest BCUT2D eigenvalue weighted by Crippen LogP contribution is 2.35. The van der Waals surface area contributed by atoms with Crippen LogP contribution in [-0.2, 0) is 4.79 Å². The smallest absolute Gasteiger partial charge is 0.267 e. The van der Waals surface area contributed by atoms with E-state index in [0.29, 0.717) is 26.1 Å². The van der Waals surface area contributed by atoms with Crippen LogP contribution in [0.1, 0.15) is 21.5 Å². The highest BCUT2D eigenvalue weighted by atomic mass is 35.5. The van der Waals surface area contributed by atoms with E-state index in [1.165, 1.54) is 0 Å². The van der Waals surface area contributed by atoms with E-state index in [2.05, 4.69) is 5.43 Å². The Morgan fingerprint density at radius 2 is 1.81 bits per heavy atom. The Morgan fingerprint density at radius 1 is 1.15 bits per heavy atom. The lowest BCUT2D eigenvalue weighted by atomic mass is 10.1. The molecule has 0 aromatic heterocycles. The number of amides is 2. The van der Waals surface area contributed by atoms with Crippen LogP contribution >= 0.6 is 47.2 Å². The molecule has 3 rings (SSSR count). The minimum Gasteiger partial charge on any atom is -0.267 e. The Kier molecular flexibility index (Phi) is 5.67. The van der Waals surface area contributed by atoms with Crippen molar-refractivity contribution in [3.05, 3.63) is 74.1 Å². The Hall–Kier alpha value is -1.86. The van der Waals surface area contributed by atoms with Gasteiger partial charge in [0.25, 0.3) is 11.8 Å². The fourth-order valence-electron chi connectivity index (χ4n) is 2.33. The quantitative estimate of drug-likeness (QED) is 0.567. The SMILES string of the molecule is Cc1ccccc1C(=O)NN1C(=O)/C(=C/c2c(Cl)cccc2Cl)SC1=S. The highest BCUT2D eigenvalue weighted by molar-refractivity contribution is 8.26. The molecule has 0 unspecified atom stereocenters. The fourth-order valence-corrected chi connectivity index (χ4v) is 4.00. The summed E-state index contributed by atoms with van der Waals surface area (Å²) in [6, 6.07) is 12.2. The number of nitrogens with one attached hydrogen (secondary N) is 1. The molecule has 2 aromatic carbocycles. The lowest BCUT2D eigenvalue weighted by molar-refractivity contribution is -0.123. The molecule has 0 saturated carbocycles. The van der Waals surface area contributed by atoms with E-state index < -0.39 is 11.8 Å². The number of carbonyl (C=O) groups excluding carboxylic acids is 2. The van der Waals surface area contributed by atoms with Gasteiger partial charge in [-0.1, -0.05) is 59.2 Å². The number of nitrogens with zero attached hydrogens (tertiary/aromatic N) is 1. The average molecular weight is 423 g/mol. The maximum absolute atomic E-state index is 12.6. The van der Waals surface area contributed by atoms with Crippen LogP contribution < -0.4 is 5.43 Å². The molecule has 26 heavy (non-hydrogen) atoms. The van der Waals surface area contributed by atoms with E-state index in [9.17, 15) is 9.59 Å². The van der Waals surface area contributed by atoms with Crippen molar-refractivity contribution in [1.82, 2.24) is 10.4 Å². The molecule has 4 nitrogen and oxygen atoms in total. The summed E-state index contributed by atoms with van der Waals surface area (Å²) in [6.45, 7) is 1.82. The van der Waals surface area contributed by atoms with Gasteiger partial charge in [-0.2, -0.15) is 5.01 Å². The Labute approximate surface area is 170 Å². The van der Waals surface area contributed by atoms with Crippen LogP contribution in [0.15, 0.2) is 47.4 Å². The van der Waals surface area contributed by atoms with Crippen LogP contribution in [-0.4, -0.2) is 21.1 Å². The zero-order valence-corrected chi connectivity index (χ0v) is 16.6. The first kappa shape index (κ1) is 18.9. The molecule has 1 saturated heterocycles. The Balaban J connectivity index is 1.85. The predicted octanol–water partition coefficient (Wildman–Crippen LogP) is 4.85. The van der Waals surface area contributed by atoms with Gasteiger partial charge in [0.2, 0.25) is 0 Å². The van der Waals surface area contributed by atoms with Crippen LogP contribution in [0.4, 0.5) is 0 Å². The maximum Gasteiger partial charge on any atom is 0.285 e. The summed E-state index contributed by atoms with van der Waals surface area (Å²) in [7, 11) is 0. The molecule has 1 N–H and O–H groups in total. The van der Waals surface area contributed by atoms with E-state index in [4.69, 9.17) is 35.4 Å². The molecule has 0 radical (unpaired) electrons. The molecule has 2 aromatic rings. The van der Waals surface area contributed by atoms with E-state index in [-0.39, 0.29) is 4.32 Å². The third-order valence-corrected chi connectivity index (χ3v) is 5.63. The highest BCUT2D eigenvalue weighted by Gasteiger charge is 2.34. The standard InChI is InChI=1S/C18H12Cl2N2O2S2/c1-10-5-2-3-6-11(10)16(23)21-22-17(24)15(26-18(22)25)9-12-13(19)7-4-8-14(12)20/h2-9H,1H3,(H,21,23)/b15-9-. The molecular formula is C18H12Cl2N2O2S2. The van der Waals surface area contributed by atoms with Crippen molar-refractivity contribution in [3.63, 3.8) is 0 Å². The molecule has 0 spiro atoms. The van der Waals surface area contributed by atoms with Crippen molar-refractivity contribution in [2.24, 2.45) is 0 Å². The molecule has 0 aliphatic carbocycles. The topological polar surface area (TPSA) is 49.4 Å². The van der Waals surface area contributed by atoms with Crippen molar-refractivity contribution in [2.45, 2.75) is 6.92 Å². The number of thioether (sulfide) groups is 1. The molecule has 132 valence electrons. The molecule has 1 heterocycles. The van der Waals surface area contributed by atoms with E-state index in [0.717, 1.165) is 22.3 Å². The van der Waals surface area contributed by atoms with Gasteiger partial charge in [-0.3, -0.25) is 15.0 Å². The van der Waals surface area contributed by atoms with Gasteiger partial charge >= 0.3 is 0 Å². The molecule has 0 bridgehead atoms. The molecule has 1 aliphatic heterocycles. The second-order valence-corrected chi connectivity index (χ2v) is 7.90. The molecule has 0 atom stereocenters. The van der Waals surface area contributed by atoms with Crippen LogP contribution in [0.3, 0.4) is 0 Å². The van der Waals surface area contributed by atoms with Gasteiger partial charge in [0, 0.05) is 21.2 Å².